The lowest BCUT2D eigenvalue weighted by Crippen LogP contribution is -2.38. The second-order valence-electron chi connectivity index (χ2n) is 9.99. The number of aliphatic hydroxyl groups excluding tert-OH is 1. The highest BCUT2D eigenvalue weighted by molar-refractivity contribution is 6.46. The van der Waals surface area contributed by atoms with Crippen molar-refractivity contribution in [2.45, 2.75) is 32.9 Å². The number of hydrogen-bond acceptors (Lipinski definition) is 7. The summed E-state index contributed by atoms with van der Waals surface area (Å²) >= 11 is 0. The molecule has 5 rings (SSSR count). The van der Waals surface area contributed by atoms with Gasteiger partial charge in [0.25, 0.3) is 11.7 Å². The van der Waals surface area contributed by atoms with Gasteiger partial charge in [-0.3, -0.25) is 14.5 Å². The maximum Gasteiger partial charge on any atom is 0.295 e. The van der Waals surface area contributed by atoms with E-state index in [2.05, 4.69) is 4.90 Å². The summed E-state index contributed by atoms with van der Waals surface area (Å²) in [6, 6.07) is 17.7. The Morgan fingerprint density at radius 3 is 2.41 bits per heavy atom. The van der Waals surface area contributed by atoms with Gasteiger partial charge in [-0.25, -0.2) is 0 Å². The molecule has 3 heterocycles. The Kier molecular flexibility index (Phi) is 8.14. The summed E-state index contributed by atoms with van der Waals surface area (Å²) in [5.74, 6) is 0.190. The topological polar surface area (TPSA) is 92.5 Å². The summed E-state index contributed by atoms with van der Waals surface area (Å²) in [6.07, 6.45) is 0.691. The van der Waals surface area contributed by atoms with Crippen LogP contribution < -0.4 is 4.74 Å². The van der Waals surface area contributed by atoms with E-state index >= 15 is 0 Å². The molecule has 8 heteroatoms. The Labute approximate surface area is 228 Å². The molecule has 39 heavy (non-hydrogen) atoms. The van der Waals surface area contributed by atoms with Crippen molar-refractivity contribution in [3.63, 3.8) is 0 Å². The third kappa shape index (κ3) is 5.92. The van der Waals surface area contributed by atoms with Gasteiger partial charge in [-0.2, -0.15) is 0 Å². The SMILES string of the molecule is Cc1ccc(C2/C(=C(/O)c3ccc(OCc4ccccc4C)cc3)C(=O)C(=O)N2CCCN2CCOCC2)o1. The van der Waals surface area contributed by atoms with Crippen molar-refractivity contribution in [2.24, 2.45) is 0 Å². The molecule has 2 aliphatic rings. The molecule has 2 saturated heterocycles. The van der Waals surface area contributed by atoms with Crippen molar-refractivity contribution >= 4 is 17.4 Å². The summed E-state index contributed by atoms with van der Waals surface area (Å²) in [5.41, 5.74) is 2.70. The molecule has 1 aromatic heterocycles. The average molecular weight is 531 g/mol. The van der Waals surface area contributed by atoms with Crippen LogP contribution >= 0.6 is 0 Å². The highest BCUT2D eigenvalue weighted by Gasteiger charge is 2.47. The maximum absolute atomic E-state index is 13.2. The van der Waals surface area contributed by atoms with Gasteiger partial charge >= 0.3 is 0 Å². The molecule has 1 atom stereocenters. The van der Waals surface area contributed by atoms with Crippen LogP contribution in [0, 0.1) is 13.8 Å². The molecular formula is C31H34N2O6. The van der Waals surface area contributed by atoms with Gasteiger partial charge in [-0.05, 0) is 67.8 Å². The van der Waals surface area contributed by atoms with E-state index in [0.29, 0.717) is 55.6 Å². The number of furan rings is 1. The normalized spacial score (nSPS) is 19.5. The average Bonchev–Trinajstić information content (AvgIpc) is 3.49. The fourth-order valence-corrected chi connectivity index (χ4v) is 5.09. The largest absolute Gasteiger partial charge is 0.507 e. The Balaban J connectivity index is 1.36. The van der Waals surface area contributed by atoms with E-state index in [-0.39, 0.29) is 11.3 Å². The lowest BCUT2D eigenvalue weighted by molar-refractivity contribution is -0.140. The molecule has 1 unspecified atom stereocenters. The van der Waals surface area contributed by atoms with Crippen LogP contribution in [0.3, 0.4) is 0 Å². The van der Waals surface area contributed by atoms with E-state index in [1.807, 2.05) is 38.1 Å². The highest BCUT2D eigenvalue weighted by atomic mass is 16.5. The number of aryl methyl sites for hydroxylation is 2. The fourth-order valence-electron chi connectivity index (χ4n) is 5.09. The van der Waals surface area contributed by atoms with Crippen LogP contribution in [0.25, 0.3) is 5.76 Å². The smallest absolute Gasteiger partial charge is 0.295 e. The summed E-state index contributed by atoms with van der Waals surface area (Å²) in [7, 11) is 0. The van der Waals surface area contributed by atoms with Crippen LogP contribution in [0.1, 0.15) is 40.7 Å². The summed E-state index contributed by atoms with van der Waals surface area (Å²) < 4.78 is 17.2. The number of rotatable bonds is 9. The Morgan fingerprint density at radius 2 is 1.72 bits per heavy atom. The first kappa shape index (κ1) is 26.7. The predicted molar refractivity (Wildman–Crippen MR) is 146 cm³/mol. The second-order valence-corrected chi connectivity index (χ2v) is 9.99. The van der Waals surface area contributed by atoms with Gasteiger partial charge in [0.1, 0.15) is 35.7 Å². The van der Waals surface area contributed by atoms with E-state index in [4.69, 9.17) is 13.9 Å². The van der Waals surface area contributed by atoms with Gasteiger partial charge < -0.3 is 23.9 Å². The summed E-state index contributed by atoms with van der Waals surface area (Å²) in [6.45, 7) is 8.53. The molecule has 1 N–H and O–H groups in total. The summed E-state index contributed by atoms with van der Waals surface area (Å²) in [5, 5.41) is 11.3. The minimum atomic E-state index is -0.791. The van der Waals surface area contributed by atoms with Crippen LogP contribution in [0.15, 0.2) is 70.7 Å². The number of ketones is 1. The minimum Gasteiger partial charge on any atom is -0.507 e. The van der Waals surface area contributed by atoms with Crippen molar-refractivity contribution < 1.29 is 28.6 Å². The van der Waals surface area contributed by atoms with Gasteiger partial charge in [0.05, 0.1) is 18.8 Å². The molecule has 204 valence electrons. The van der Waals surface area contributed by atoms with E-state index in [9.17, 15) is 14.7 Å². The van der Waals surface area contributed by atoms with Gasteiger partial charge in [-0.1, -0.05) is 24.3 Å². The van der Waals surface area contributed by atoms with Crippen molar-refractivity contribution in [2.75, 3.05) is 39.4 Å². The first-order chi connectivity index (χ1) is 18.9. The number of likely N-dealkylation sites (tertiary alicyclic amines) is 1. The molecule has 2 aromatic carbocycles. The van der Waals surface area contributed by atoms with Crippen LogP contribution in [0.4, 0.5) is 0 Å². The zero-order chi connectivity index (χ0) is 27.4. The van der Waals surface area contributed by atoms with Crippen molar-refractivity contribution in [1.82, 2.24) is 9.80 Å². The Morgan fingerprint density at radius 1 is 0.974 bits per heavy atom. The van der Waals surface area contributed by atoms with Crippen LogP contribution in [0.5, 0.6) is 5.75 Å². The minimum absolute atomic E-state index is 0.0364. The molecule has 0 saturated carbocycles. The molecule has 0 bridgehead atoms. The first-order valence-electron chi connectivity index (χ1n) is 13.3. The number of hydrogen-bond donors (Lipinski definition) is 1. The number of aliphatic hydroxyl groups is 1. The molecular weight excluding hydrogens is 496 g/mol. The lowest BCUT2D eigenvalue weighted by atomic mass is 9.99. The molecule has 2 aliphatic heterocycles. The monoisotopic (exact) mass is 530 g/mol. The van der Waals surface area contributed by atoms with E-state index in [1.165, 1.54) is 4.90 Å². The standard InChI is InChI=1S/C31H34N2O6/c1-21-6-3-4-7-24(21)20-38-25-11-9-23(10-12-25)29(34)27-28(26-13-8-22(2)39-26)33(31(36)30(27)35)15-5-14-32-16-18-37-19-17-32/h3-4,6-13,28,34H,5,14-20H2,1-2H3/b29-27-. The number of carbonyl (C=O) groups is 2. The van der Waals surface area contributed by atoms with Gasteiger partial charge in [-0.15, -0.1) is 0 Å². The molecule has 0 radical (unpaired) electrons. The third-order valence-electron chi connectivity index (χ3n) is 7.33. The number of benzene rings is 2. The van der Waals surface area contributed by atoms with Crippen LogP contribution in [0.2, 0.25) is 0 Å². The van der Waals surface area contributed by atoms with Gasteiger partial charge in [0.2, 0.25) is 0 Å². The second kappa shape index (κ2) is 11.9. The zero-order valence-electron chi connectivity index (χ0n) is 22.4. The number of ether oxygens (including phenoxy) is 2. The Hall–Kier alpha value is -3.88. The Bertz CT molecular complexity index is 1350. The lowest BCUT2D eigenvalue weighted by Gasteiger charge is -2.28. The maximum atomic E-state index is 13.2. The molecule has 1 amide bonds. The number of morpholine rings is 1. The molecule has 0 spiro atoms. The molecule has 3 aromatic rings. The third-order valence-corrected chi connectivity index (χ3v) is 7.33. The van der Waals surface area contributed by atoms with Crippen LogP contribution in [-0.2, 0) is 20.9 Å². The van der Waals surface area contributed by atoms with E-state index in [1.54, 1.807) is 36.4 Å². The summed E-state index contributed by atoms with van der Waals surface area (Å²) in [4.78, 5) is 30.2. The number of carbonyl (C=O) groups excluding carboxylic acids is 2. The molecule has 2 fully saturated rings. The van der Waals surface area contributed by atoms with Crippen molar-refractivity contribution in [3.8, 4) is 5.75 Å². The number of amides is 1. The van der Waals surface area contributed by atoms with E-state index in [0.717, 1.165) is 30.8 Å². The first-order valence-corrected chi connectivity index (χ1v) is 13.3. The van der Waals surface area contributed by atoms with Crippen molar-refractivity contribution in [1.29, 1.82) is 0 Å². The number of nitrogens with zero attached hydrogens (tertiary/aromatic N) is 2. The van der Waals surface area contributed by atoms with Gasteiger partial charge in [0, 0.05) is 31.7 Å². The zero-order valence-corrected chi connectivity index (χ0v) is 22.4. The predicted octanol–water partition coefficient (Wildman–Crippen LogP) is 4.62. The van der Waals surface area contributed by atoms with E-state index < -0.39 is 17.7 Å². The molecule has 0 aliphatic carbocycles. The van der Waals surface area contributed by atoms with Gasteiger partial charge in [0.15, 0.2) is 0 Å². The fraction of sp³-hybridized carbons (Fsp3) is 0.355. The van der Waals surface area contributed by atoms with Crippen LogP contribution in [-0.4, -0.2) is 66.0 Å². The molecule has 8 nitrogen and oxygen atoms in total. The quantitative estimate of drug-likeness (QED) is 0.245. The number of Topliss-reactive ketones (excluding diaryl/α,β-unsaturated/α-hetero) is 1. The van der Waals surface area contributed by atoms with Crippen molar-refractivity contribution in [3.05, 3.63) is 94.4 Å². The highest BCUT2D eigenvalue weighted by Crippen LogP contribution is 2.40.